The molecule has 0 saturated heterocycles. The van der Waals surface area contributed by atoms with Gasteiger partial charge in [-0.2, -0.15) is 0 Å². The van der Waals surface area contributed by atoms with Gasteiger partial charge < -0.3 is 5.32 Å². The van der Waals surface area contributed by atoms with Crippen LogP contribution < -0.4 is 5.32 Å². The standard InChI is InChI=1S/C10H8N4S/c15-7-14-10-5-9(12-6-13-10)8-1-3-11-4-2-8/h1-7H,(H,12,13,14,15). The Labute approximate surface area is 92.4 Å². The van der Waals surface area contributed by atoms with E-state index in [4.69, 9.17) is 0 Å². The number of thiocarbonyl (C=S) groups is 1. The van der Waals surface area contributed by atoms with Crippen molar-refractivity contribution < 1.29 is 0 Å². The Balaban J connectivity index is 2.37. The summed E-state index contributed by atoms with van der Waals surface area (Å²) in [5.41, 5.74) is 3.25. The van der Waals surface area contributed by atoms with Crippen molar-refractivity contribution in [1.29, 1.82) is 0 Å². The summed E-state index contributed by atoms with van der Waals surface area (Å²) in [6.45, 7) is 0. The fraction of sp³-hybridized carbons (Fsp3) is 0. The molecule has 0 amide bonds. The molecule has 1 N–H and O–H groups in total. The highest BCUT2D eigenvalue weighted by Crippen LogP contribution is 2.16. The zero-order chi connectivity index (χ0) is 10.5. The third-order valence-electron chi connectivity index (χ3n) is 1.85. The molecule has 0 aromatic carbocycles. The van der Waals surface area contributed by atoms with Crippen molar-refractivity contribution >= 4 is 23.5 Å². The summed E-state index contributed by atoms with van der Waals surface area (Å²) in [5.74, 6) is 0.687. The molecule has 5 heteroatoms. The van der Waals surface area contributed by atoms with E-state index in [9.17, 15) is 0 Å². The Morgan fingerprint density at radius 2 is 2.00 bits per heavy atom. The molecule has 0 saturated carbocycles. The van der Waals surface area contributed by atoms with E-state index in [1.165, 1.54) is 11.8 Å². The molecular weight excluding hydrogens is 208 g/mol. The fourth-order valence-corrected chi connectivity index (χ4v) is 1.30. The predicted molar refractivity (Wildman–Crippen MR) is 62.5 cm³/mol. The first kappa shape index (κ1) is 9.67. The van der Waals surface area contributed by atoms with Gasteiger partial charge in [-0.1, -0.05) is 12.2 Å². The molecule has 0 spiro atoms. The lowest BCUT2D eigenvalue weighted by atomic mass is 10.2. The Hall–Kier alpha value is -1.88. The smallest absolute Gasteiger partial charge is 0.134 e. The van der Waals surface area contributed by atoms with Crippen molar-refractivity contribution in [2.45, 2.75) is 0 Å². The molecule has 15 heavy (non-hydrogen) atoms. The van der Waals surface area contributed by atoms with Crippen molar-refractivity contribution in [3.8, 4) is 11.3 Å². The second kappa shape index (κ2) is 4.56. The summed E-state index contributed by atoms with van der Waals surface area (Å²) in [7, 11) is 0. The van der Waals surface area contributed by atoms with E-state index in [2.05, 4.69) is 32.5 Å². The van der Waals surface area contributed by atoms with Crippen LogP contribution in [0.1, 0.15) is 0 Å². The van der Waals surface area contributed by atoms with Crippen molar-refractivity contribution in [2.75, 3.05) is 5.32 Å². The monoisotopic (exact) mass is 216 g/mol. The van der Waals surface area contributed by atoms with Gasteiger partial charge in [-0.3, -0.25) is 4.98 Å². The molecule has 2 aromatic heterocycles. The minimum Gasteiger partial charge on any atom is -0.337 e. The first-order valence-electron chi connectivity index (χ1n) is 4.33. The maximum absolute atomic E-state index is 4.69. The number of aromatic nitrogens is 3. The second-order valence-electron chi connectivity index (χ2n) is 2.79. The summed E-state index contributed by atoms with van der Waals surface area (Å²) in [6, 6.07) is 5.62. The van der Waals surface area contributed by atoms with Gasteiger partial charge in [0.2, 0.25) is 0 Å². The molecule has 4 nitrogen and oxygen atoms in total. The fourth-order valence-electron chi connectivity index (χ4n) is 1.18. The molecule has 2 aromatic rings. The van der Waals surface area contributed by atoms with E-state index < -0.39 is 0 Å². The van der Waals surface area contributed by atoms with Crippen LogP contribution in [0.15, 0.2) is 36.9 Å². The number of nitrogens with one attached hydrogen (secondary N) is 1. The Kier molecular flexibility index (Phi) is 2.94. The molecule has 0 unspecified atom stereocenters. The summed E-state index contributed by atoms with van der Waals surface area (Å²) < 4.78 is 0. The van der Waals surface area contributed by atoms with Crippen LogP contribution in [0, 0.1) is 0 Å². The lowest BCUT2D eigenvalue weighted by Gasteiger charge is -2.02. The number of nitrogens with zero attached hydrogens (tertiary/aromatic N) is 3. The summed E-state index contributed by atoms with van der Waals surface area (Å²) in [6.07, 6.45) is 4.95. The van der Waals surface area contributed by atoms with Gasteiger partial charge in [0.1, 0.15) is 12.1 Å². The van der Waals surface area contributed by atoms with Crippen LogP contribution in [-0.4, -0.2) is 20.4 Å². The molecule has 0 aliphatic rings. The van der Waals surface area contributed by atoms with E-state index in [0.29, 0.717) is 5.82 Å². The highest BCUT2D eigenvalue weighted by Gasteiger charge is 1.99. The number of anilines is 1. The Morgan fingerprint density at radius 3 is 2.73 bits per heavy atom. The van der Waals surface area contributed by atoms with Gasteiger partial charge in [0.05, 0.1) is 11.2 Å². The van der Waals surface area contributed by atoms with E-state index in [0.717, 1.165) is 11.3 Å². The van der Waals surface area contributed by atoms with Gasteiger partial charge in [0.25, 0.3) is 0 Å². The molecule has 0 atom stereocenters. The quantitative estimate of drug-likeness (QED) is 0.794. The third-order valence-corrected chi connectivity index (χ3v) is 1.97. The average molecular weight is 216 g/mol. The molecule has 0 fully saturated rings. The summed E-state index contributed by atoms with van der Waals surface area (Å²) >= 11 is 4.69. The zero-order valence-corrected chi connectivity index (χ0v) is 8.61. The number of hydrogen-bond donors (Lipinski definition) is 1. The van der Waals surface area contributed by atoms with Gasteiger partial charge in [0.15, 0.2) is 0 Å². The van der Waals surface area contributed by atoms with E-state index in [1.54, 1.807) is 12.4 Å². The SMILES string of the molecule is S=CNc1cc(-c2ccncc2)ncn1. The van der Waals surface area contributed by atoms with Crippen molar-refractivity contribution in [2.24, 2.45) is 0 Å². The van der Waals surface area contributed by atoms with Crippen LogP contribution in [-0.2, 0) is 0 Å². The predicted octanol–water partition coefficient (Wildman–Crippen LogP) is 1.91. The van der Waals surface area contributed by atoms with E-state index >= 15 is 0 Å². The highest BCUT2D eigenvalue weighted by atomic mass is 32.1. The van der Waals surface area contributed by atoms with Crippen LogP contribution in [0.2, 0.25) is 0 Å². The van der Waals surface area contributed by atoms with E-state index in [1.807, 2.05) is 18.2 Å². The molecule has 0 bridgehead atoms. The second-order valence-corrected chi connectivity index (χ2v) is 3.02. The van der Waals surface area contributed by atoms with Gasteiger partial charge in [-0.05, 0) is 12.1 Å². The molecule has 2 heterocycles. The van der Waals surface area contributed by atoms with Gasteiger partial charge in [-0.15, -0.1) is 0 Å². The summed E-state index contributed by atoms with van der Waals surface area (Å²) in [5, 5.41) is 2.84. The minimum atomic E-state index is 0.687. The van der Waals surface area contributed by atoms with Crippen molar-refractivity contribution in [3.63, 3.8) is 0 Å². The van der Waals surface area contributed by atoms with Crippen LogP contribution in [0.5, 0.6) is 0 Å². The zero-order valence-electron chi connectivity index (χ0n) is 7.79. The van der Waals surface area contributed by atoms with Crippen molar-refractivity contribution in [1.82, 2.24) is 15.0 Å². The lowest BCUT2D eigenvalue weighted by Crippen LogP contribution is -1.96. The number of hydrogen-bond acceptors (Lipinski definition) is 4. The molecular formula is C10H8N4S. The largest absolute Gasteiger partial charge is 0.337 e. The molecule has 0 radical (unpaired) electrons. The minimum absolute atomic E-state index is 0.687. The highest BCUT2D eigenvalue weighted by molar-refractivity contribution is 7.79. The third kappa shape index (κ3) is 2.32. The van der Waals surface area contributed by atoms with Crippen LogP contribution in [0.25, 0.3) is 11.3 Å². The molecule has 0 aliphatic heterocycles. The van der Waals surface area contributed by atoms with Gasteiger partial charge in [-0.25, -0.2) is 9.97 Å². The Morgan fingerprint density at radius 1 is 1.20 bits per heavy atom. The van der Waals surface area contributed by atoms with Crippen LogP contribution in [0.4, 0.5) is 5.82 Å². The topological polar surface area (TPSA) is 50.7 Å². The van der Waals surface area contributed by atoms with Crippen LogP contribution >= 0.6 is 12.2 Å². The van der Waals surface area contributed by atoms with E-state index in [-0.39, 0.29) is 0 Å². The normalized spacial score (nSPS) is 9.60. The molecule has 0 aliphatic carbocycles. The maximum Gasteiger partial charge on any atom is 0.134 e. The molecule has 2 rings (SSSR count). The lowest BCUT2D eigenvalue weighted by molar-refractivity contribution is 1.17. The van der Waals surface area contributed by atoms with Gasteiger partial charge in [0, 0.05) is 24.0 Å². The average Bonchev–Trinajstić information content (AvgIpc) is 2.31. The maximum atomic E-state index is 4.69. The molecule has 74 valence electrons. The van der Waals surface area contributed by atoms with Gasteiger partial charge >= 0.3 is 0 Å². The summed E-state index contributed by atoms with van der Waals surface area (Å²) in [4.78, 5) is 12.1. The van der Waals surface area contributed by atoms with Crippen molar-refractivity contribution in [3.05, 3.63) is 36.9 Å². The van der Waals surface area contributed by atoms with Crippen LogP contribution in [0.3, 0.4) is 0 Å². The number of rotatable bonds is 3. The number of pyridine rings is 1. The first-order chi connectivity index (χ1) is 7.40. The Bertz CT molecular complexity index is 458. The first-order valence-corrected chi connectivity index (χ1v) is 4.80.